The Kier molecular flexibility index (Phi) is 10.5. The van der Waals surface area contributed by atoms with E-state index in [9.17, 15) is 36.3 Å². The lowest BCUT2D eigenvalue weighted by Gasteiger charge is -2.39. The van der Waals surface area contributed by atoms with Crippen LogP contribution in [-0.2, 0) is 21.5 Å². The second kappa shape index (κ2) is 14.5. The Labute approximate surface area is 305 Å². The number of aromatic amines is 1. The summed E-state index contributed by atoms with van der Waals surface area (Å²) in [5.41, 5.74) is 5.59. The van der Waals surface area contributed by atoms with E-state index in [-0.39, 0.29) is 55.9 Å². The number of likely N-dealkylation sites (tertiary alicyclic amines) is 1. The minimum Gasteiger partial charge on any atom is -0.381 e. The van der Waals surface area contributed by atoms with Crippen LogP contribution in [-0.4, -0.2) is 86.3 Å². The minimum atomic E-state index is -5.65. The van der Waals surface area contributed by atoms with E-state index in [1.54, 1.807) is 14.0 Å². The highest BCUT2D eigenvalue weighted by Gasteiger charge is 2.59. The lowest BCUT2D eigenvalue weighted by molar-refractivity contribution is -0.287. The molecular formula is C39H46F5N5O4. The van der Waals surface area contributed by atoms with E-state index in [0.717, 1.165) is 51.4 Å². The van der Waals surface area contributed by atoms with Gasteiger partial charge in [-0.25, -0.2) is 0 Å². The predicted octanol–water partition coefficient (Wildman–Crippen LogP) is 6.41. The SMILES string of the molecule is CCN(c1cc(-c2ccc3c(c2)N(C)C(=O)C32CCN(CC(F)(F)C(F)(F)F)CC2)cc(C(=O)NCc2c(C)cc(C)[nH]c2=O)c1C)C1CCOCC1. The Bertz CT molecular complexity index is 1950. The maximum Gasteiger partial charge on any atom is 0.454 e. The molecule has 1 aromatic heterocycles. The molecule has 53 heavy (non-hydrogen) atoms. The van der Waals surface area contributed by atoms with Gasteiger partial charge in [-0.2, -0.15) is 22.0 Å². The minimum absolute atomic E-state index is 0.0375. The summed E-state index contributed by atoms with van der Waals surface area (Å²) < 4.78 is 72.1. The average Bonchev–Trinajstić information content (AvgIpc) is 3.30. The number of fused-ring (bicyclic) bond motifs is 2. The van der Waals surface area contributed by atoms with Crippen molar-refractivity contribution in [2.75, 3.05) is 56.2 Å². The number of alkyl halides is 5. The summed E-state index contributed by atoms with van der Waals surface area (Å²) in [5, 5.41) is 2.96. The molecule has 6 rings (SSSR count). The van der Waals surface area contributed by atoms with Crippen molar-refractivity contribution in [3.05, 3.63) is 80.3 Å². The first-order chi connectivity index (χ1) is 25.0. The van der Waals surface area contributed by atoms with Crippen LogP contribution < -0.4 is 20.7 Å². The van der Waals surface area contributed by atoms with Crippen LogP contribution in [0.5, 0.6) is 0 Å². The topological polar surface area (TPSA) is 98.0 Å². The predicted molar refractivity (Wildman–Crippen MR) is 193 cm³/mol. The molecule has 1 spiro atoms. The summed E-state index contributed by atoms with van der Waals surface area (Å²) in [6, 6.07) is 11.5. The molecule has 14 heteroatoms. The number of anilines is 2. The number of nitrogens with one attached hydrogen (secondary N) is 2. The summed E-state index contributed by atoms with van der Waals surface area (Å²) in [7, 11) is 1.64. The van der Waals surface area contributed by atoms with Crippen LogP contribution in [0.1, 0.15) is 70.9 Å². The van der Waals surface area contributed by atoms with Gasteiger partial charge in [0, 0.05) is 67.6 Å². The van der Waals surface area contributed by atoms with Gasteiger partial charge in [0.05, 0.1) is 12.0 Å². The fraction of sp³-hybridized carbons (Fsp3) is 0.513. The van der Waals surface area contributed by atoms with Crippen LogP contribution >= 0.6 is 0 Å². The first-order valence-electron chi connectivity index (χ1n) is 18.0. The van der Waals surface area contributed by atoms with E-state index < -0.39 is 24.1 Å². The molecule has 2 saturated heterocycles. The van der Waals surface area contributed by atoms with Crippen LogP contribution in [0, 0.1) is 20.8 Å². The third-order valence-electron chi connectivity index (χ3n) is 11.3. The number of aromatic nitrogens is 1. The van der Waals surface area contributed by atoms with Gasteiger partial charge in [-0.1, -0.05) is 12.1 Å². The molecule has 0 unspecified atom stereocenters. The molecule has 0 bridgehead atoms. The Morgan fingerprint density at radius 2 is 1.68 bits per heavy atom. The van der Waals surface area contributed by atoms with Crippen molar-refractivity contribution in [2.24, 2.45) is 0 Å². The fourth-order valence-corrected chi connectivity index (χ4v) is 8.27. The summed E-state index contributed by atoms with van der Waals surface area (Å²) in [5.74, 6) is -5.42. The number of nitrogens with zero attached hydrogens (tertiary/aromatic N) is 3. The summed E-state index contributed by atoms with van der Waals surface area (Å²) in [4.78, 5) is 48.2. The number of piperidine rings is 1. The average molecular weight is 744 g/mol. The van der Waals surface area contributed by atoms with E-state index >= 15 is 0 Å². The molecule has 2 amide bonds. The number of benzene rings is 2. The largest absolute Gasteiger partial charge is 0.454 e. The van der Waals surface area contributed by atoms with Crippen molar-refractivity contribution in [1.82, 2.24) is 15.2 Å². The normalized spacial score (nSPS) is 18.1. The Balaban J connectivity index is 1.34. The van der Waals surface area contributed by atoms with E-state index in [4.69, 9.17) is 4.74 Å². The highest BCUT2D eigenvalue weighted by atomic mass is 19.4. The lowest BCUT2D eigenvalue weighted by Crippen LogP contribution is -2.53. The molecule has 0 aliphatic carbocycles. The van der Waals surface area contributed by atoms with Gasteiger partial charge in [0.2, 0.25) is 5.91 Å². The van der Waals surface area contributed by atoms with Crippen LogP contribution in [0.15, 0.2) is 41.2 Å². The first kappa shape index (κ1) is 38.4. The number of H-pyrrole nitrogens is 1. The second-order valence-corrected chi connectivity index (χ2v) is 14.6. The van der Waals surface area contributed by atoms with Crippen molar-refractivity contribution in [2.45, 2.75) is 83.5 Å². The fourth-order valence-electron chi connectivity index (χ4n) is 8.27. The number of ether oxygens (including phenoxy) is 1. The number of amides is 2. The third-order valence-corrected chi connectivity index (χ3v) is 11.3. The Morgan fingerprint density at radius 3 is 2.30 bits per heavy atom. The number of hydrogen-bond acceptors (Lipinski definition) is 6. The monoisotopic (exact) mass is 743 g/mol. The van der Waals surface area contributed by atoms with E-state index in [2.05, 4.69) is 22.1 Å². The quantitative estimate of drug-likeness (QED) is 0.246. The lowest BCUT2D eigenvalue weighted by atomic mass is 9.73. The number of pyridine rings is 1. The maximum absolute atomic E-state index is 14.0. The van der Waals surface area contributed by atoms with Crippen molar-refractivity contribution in [1.29, 1.82) is 0 Å². The smallest absolute Gasteiger partial charge is 0.381 e. The molecule has 3 aliphatic rings. The van der Waals surface area contributed by atoms with Gasteiger partial charge in [-0.15, -0.1) is 0 Å². The van der Waals surface area contributed by atoms with E-state index in [1.807, 2.05) is 50.2 Å². The third kappa shape index (κ3) is 7.19. The molecule has 0 atom stereocenters. The van der Waals surface area contributed by atoms with Crippen molar-refractivity contribution in [3.8, 4) is 11.1 Å². The number of likely N-dealkylation sites (N-methyl/N-ethyl adjacent to an activating group) is 1. The van der Waals surface area contributed by atoms with Gasteiger partial charge < -0.3 is 24.8 Å². The number of carbonyl (C=O) groups is 2. The molecular weight excluding hydrogens is 697 g/mol. The molecule has 286 valence electrons. The van der Waals surface area contributed by atoms with E-state index in [0.29, 0.717) is 42.1 Å². The molecule has 4 heterocycles. The van der Waals surface area contributed by atoms with Crippen molar-refractivity contribution < 1.29 is 36.3 Å². The van der Waals surface area contributed by atoms with Gasteiger partial charge in [-0.05, 0) is 119 Å². The molecule has 9 nitrogen and oxygen atoms in total. The van der Waals surface area contributed by atoms with Crippen LogP contribution in [0.25, 0.3) is 11.1 Å². The molecule has 2 N–H and O–H groups in total. The molecule has 2 aromatic carbocycles. The second-order valence-electron chi connectivity index (χ2n) is 14.6. The zero-order chi connectivity index (χ0) is 38.5. The van der Waals surface area contributed by atoms with Gasteiger partial charge in [-0.3, -0.25) is 19.3 Å². The molecule has 3 aliphatic heterocycles. The maximum atomic E-state index is 14.0. The van der Waals surface area contributed by atoms with Crippen LogP contribution in [0.3, 0.4) is 0 Å². The number of hydrogen-bond donors (Lipinski definition) is 2. The highest BCUT2D eigenvalue weighted by Crippen LogP contribution is 2.49. The molecule has 0 radical (unpaired) electrons. The van der Waals surface area contributed by atoms with Gasteiger partial charge in [0.15, 0.2) is 0 Å². The van der Waals surface area contributed by atoms with E-state index in [1.165, 1.54) is 4.90 Å². The van der Waals surface area contributed by atoms with Crippen LogP contribution in [0.4, 0.5) is 33.3 Å². The Morgan fingerprint density at radius 1 is 1.00 bits per heavy atom. The van der Waals surface area contributed by atoms with Gasteiger partial charge >= 0.3 is 12.1 Å². The Hall–Kier alpha value is -4.30. The molecule has 2 fully saturated rings. The van der Waals surface area contributed by atoms with Gasteiger partial charge in [0.1, 0.15) is 0 Å². The zero-order valence-corrected chi connectivity index (χ0v) is 30.7. The van der Waals surface area contributed by atoms with Gasteiger partial charge in [0.25, 0.3) is 11.5 Å². The molecule has 0 saturated carbocycles. The standard InChI is InChI=1S/C39H46F5N5O4/c1-6-49(28-9-15-53-16-10-28)32-20-27(18-29(25(32)4)34(50)45-21-30-23(2)17-24(3)46-35(30)51)26-7-8-31-33(19-26)47(5)36(52)37(31)11-13-48(14-12-37)22-38(40,41)39(42,43)44/h7-8,17-20,28H,6,9-16,21-22H2,1-5H3,(H,45,50)(H,46,51). The summed E-state index contributed by atoms with van der Waals surface area (Å²) in [6.07, 6.45) is -3.78. The van der Waals surface area contributed by atoms with Crippen molar-refractivity contribution in [3.63, 3.8) is 0 Å². The number of carbonyl (C=O) groups excluding carboxylic acids is 2. The highest BCUT2D eigenvalue weighted by molar-refractivity contribution is 6.08. The summed E-state index contributed by atoms with van der Waals surface area (Å²) in [6.45, 7) is 7.98. The number of aryl methyl sites for hydroxylation is 2. The first-order valence-corrected chi connectivity index (χ1v) is 18.0. The van der Waals surface area contributed by atoms with Crippen LogP contribution in [0.2, 0.25) is 0 Å². The number of halogens is 5. The van der Waals surface area contributed by atoms with Crippen molar-refractivity contribution >= 4 is 23.2 Å². The molecule has 3 aromatic rings. The zero-order valence-electron chi connectivity index (χ0n) is 30.7. The summed E-state index contributed by atoms with van der Waals surface area (Å²) >= 11 is 0. The number of rotatable bonds is 9.